The highest BCUT2D eigenvalue weighted by Gasteiger charge is 2.28. The van der Waals surface area contributed by atoms with E-state index in [1.807, 2.05) is 0 Å². The Kier molecular flexibility index (Phi) is 4.89. The second-order valence-electron chi connectivity index (χ2n) is 4.71. The second kappa shape index (κ2) is 6.65. The van der Waals surface area contributed by atoms with E-state index < -0.39 is 18.0 Å². The minimum Gasteiger partial charge on any atom is -0.491 e. The number of hydrogen-bond acceptors (Lipinski definition) is 3. The van der Waals surface area contributed by atoms with Gasteiger partial charge in [-0.1, -0.05) is 6.07 Å². The van der Waals surface area contributed by atoms with E-state index in [-0.39, 0.29) is 31.2 Å². The molecule has 1 aromatic carbocycles. The predicted molar refractivity (Wildman–Crippen MR) is 70.7 cm³/mol. The van der Waals surface area contributed by atoms with Crippen molar-refractivity contribution in [1.82, 2.24) is 10.6 Å². The van der Waals surface area contributed by atoms with Crippen molar-refractivity contribution in [3.63, 3.8) is 0 Å². The van der Waals surface area contributed by atoms with Gasteiger partial charge in [-0.25, -0.2) is 8.78 Å². The third kappa shape index (κ3) is 3.66. The summed E-state index contributed by atoms with van der Waals surface area (Å²) in [4.78, 5) is 11.8. The number of ether oxygens (including phenoxy) is 1. The Hall–Kier alpha value is -1.69. The molecule has 0 saturated carbocycles. The molecular formula is C14H18F2N2O2. The van der Waals surface area contributed by atoms with E-state index in [1.165, 1.54) is 12.1 Å². The maximum atomic E-state index is 13.6. The van der Waals surface area contributed by atoms with Crippen molar-refractivity contribution >= 4 is 5.91 Å². The van der Waals surface area contributed by atoms with Crippen LogP contribution in [0.3, 0.4) is 0 Å². The van der Waals surface area contributed by atoms with Gasteiger partial charge >= 0.3 is 0 Å². The zero-order valence-electron chi connectivity index (χ0n) is 11.3. The lowest BCUT2D eigenvalue weighted by Crippen LogP contribution is -2.40. The summed E-state index contributed by atoms with van der Waals surface area (Å²) in [5.74, 6) is -0.527. The van der Waals surface area contributed by atoms with E-state index in [0.717, 1.165) is 0 Å². The third-order valence-electron chi connectivity index (χ3n) is 3.16. The van der Waals surface area contributed by atoms with Crippen molar-refractivity contribution in [2.75, 3.05) is 13.2 Å². The minimum absolute atomic E-state index is 0.184. The van der Waals surface area contributed by atoms with Crippen molar-refractivity contribution < 1.29 is 18.3 Å². The van der Waals surface area contributed by atoms with Gasteiger partial charge in [0, 0.05) is 19.5 Å². The molecule has 1 fully saturated rings. The van der Waals surface area contributed by atoms with Crippen LogP contribution in [-0.4, -0.2) is 31.3 Å². The van der Waals surface area contributed by atoms with Gasteiger partial charge in [0.25, 0.3) is 0 Å². The summed E-state index contributed by atoms with van der Waals surface area (Å²) in [5.41, 5.74) is 0.633. The van der Waals surface area contributed by atoms with Crippen LogP contribution >= 0.6 is 0 Å². The first kappa shape index (κ1) is 14.7. The molecule has 0 bridgehead atoms. The monoisotopic (exact) mass is 284 g/mol. The molecule has 20 heavy (non-hydrogen) atoms. The van der Waals surface area contributed by atoms with Gasteiger partial charge < -0.3 is 15.4 Å². The average molecular weight is 284 g/mol. The zero-order valence-corrected chi connectivity index (χ0v) is 11.3. The highest BCUT2D eigenvalue weighted by atomic mass is 19.1. The van der Waals surface area contributed by atoms with Crippen molar-refractivity contribution in [2.45, 2.75) is 32.1 Å². The van der Waals surface area contributed by atoms with Gasteiger partial charge in [-0.2, -0.15) is 0 Å². The lowest BCUT2D eigenvalue weighted by Gasteiger charge is -2.11. The van der Waals surface area contributed by atoms with Crippen LogP contribution in [0.2, 0.25) is 0 Å². The molecule has 110 valence electrons. The molecule has 0 unspecified atom stereocenters. The van der Waals surface area contributed by atoms with Crippen molar-refractivity contribution in [2.24, 2.45) is 0 Å². The number of alkyl halides is 1. The minimum atomic E-state index is -0.978. The van der Waals surface area contributed by atoms with Crippen molar-refractivity contribution in [3.8, 4) is 5.75 Å². The average Bonchev–Trinajstić information content (AvgIpc) is 2.86. The molecule has 1 aromatic rings. The van der Waals surface area contributed by atoms with Crippen molar-refractivity contribution in [3.05, 3.63) is 29.6 Å². The number of halogens is 2. The number of carbonyl (C=O) groups is 1. The second-order valence-corrected chi connectivity index (χ2v) is 4.71. The number of amides is 1. The van der Waals surface area contributed by atoms with Crippen LogP contribution in [0.4, 0.5) is 8.78 Å². The molecule has 1 heterocycles. The Morgan fingerprint density at radius 3 is 2.95 bits per heavy atom. The largest absolute Gasteiger partial charge is 0.491 e. The van der Waals surface area contributed by atoms with E-state index in [2.05, 4.69) is 10.6 Å². The van der Waals surface area contributed by atoms with Gasteiger partial charge in [-0.05, 0) is 24.6 Å². The van der Waals surface area contributed by atoms with Gasteiger partial charge in [0.2, 0.25) is 5.91 Å². The standard InChI is InChI=1S/C14H18F2N2O2/c1-2-20-13-4-3-9(5-11(13)16)7-18-14(19)12-6-10(15)8-17-12/h3-5,10,12,17H,2,6-8H2,1H3,(H,18,19)/t10-,12+/m0/s1. The number of benzene rings is 1. The van der Waals surface area contributed by atoms with E-state index in [4.69, 9.17) is 4.74 Å². The Balaban J connectivity index is 1.87. The first-order chi connectivity index (χ1) is 9.60. The number of nitrogens with one attached hydrogen (secondary N) is 2. The van der Waals surface area contributed by atoms with Crippen LogP contribution in [0.5, 0.6) is 5.75 Å². The summed E-state index contributed by atoms with van der Waals surface area (Å²) in [5, 5.41) is 5.46. The Morgan fingerprint density at radius 1 is 1.55 bits per heavy atom. The number of rotatable bonds is 5. The van der Waals surface area contributed by atoms with Crippen LogP contribution in [0.15, 0.2) is 18.2 Å². The fourth-order valence-electron chi connectivity index (χ4n) is 2.13. The van der Waals surface area contributed by atoms with Gasteiger partial charge in [0.1, 0.15) is 6.17 Å². The fraction of sp³-hybridized carbons (Fsp3) is 0.500. The smallest absolute Gasteiger partial charge is 0.237 e. The van der Waals surface area contributed by atoms with Gasteiger partial charge in [0.15, 0.2) is 11.6 Å². The Morgan fingerprint density at radius 2 is 2.35 bits per heavy atom. The molecule has 1 aliphatic heterocycles. The highest BCUT2D eigenvalue weighted by Crippen LogP contribution is 2.18. The third-order valence-corrected chi connectivity index (χ3v) is 3.16. The van der Waals surface area contributed by atoms with Crippen LogP contribution in [0, 0.1) is 5.82 Å². The molecule has 2 atom stereocenters. The lowest BCUT2D eigenvalue weighted by molar-refractivity contribution is -0.123. The molecule has 0 aliphatic carbocycles. The summed E-state index contributed by atoms with van der Waals surface area (Å²) < 4.78 is 31.7. The normalized spacial score (nSPS) is 21.8. The van der Waals surface area contributed by atoms with Crippen molar-refractivity contribution in [1.29, 1.82) is 0 Å². The van der Waals surface area contributed by atoms with E-state index >= 15 is 0 Å². The van der Waals surface area contributed by atoms with Gasteiger partial charge in [0.05, 0.1) is 12.6 Å². The zero-order chi connectivity index (χ0) is 14.5. The quantitative estimate of drug-likeness (QED) is 0.862. The van der Waals surface area contributed by atoms with Crippen LogP contribution in [-0.2, 0) is 11.3 Å². The van der Waals surface area contributed by atoms with Gasteiger partial charge in [-0.15, -0.1) is 0 Å². The summed E-state index contributed by atoms with van der Waals surface area (Å²) in [6, 6.07) is 4.04. The van der Waals surface area contributed by atoms with E-state index in [1.54, 1.807) is 13.0 Å². The highest BCUT2D eigenvalue weighted by molar-refractivity contribution is 5.82. The summed E-state index contributed by atoms with van der Waals surface area (Å²) in [7, 11) is 0. The summed E-state index contributed by atoms with van der Waals surface area (Å²) >= 11 is 0. The molecule has 0 aromatic heterocycles. The summed E-state index contributed by atoms with van der Waals surface area (Å²) in [6.45, 7) is 2.58. The van der Waals surface area contributed by atoms with Gasteiger partial charge in [-0.3, -0.25) is 4.79 Å². The molecule has 1 saturated heterocycles. The fourth-order valence-corrected chi connectivity index (χ4v) is 2.13. The SMILES string of the molecule is CCOc1ccc(CNC(=O)[C@H]2C[C@H](F)CN2)cc1F. The van der Waals surface area contributed by atoms with E-state index in [9.17, 15) is 13.6 Å². The molecule has 0 spiro atoms. The van der Waals surface area contributed by atoms with Crippen LogP contribution < -0.4 is 15.4 Å². The molecule has 2 rings (SSSR count). The first-order valence-corrected chi connectivity index (χ1v) is 6.66. The predicted octanol–water partition coefficient (Wildman–Crippen LogP) is 1.54. The molecule has 1 amide bonds. The molecular weight excluding hydrogens is 266 g/mol. The van der Waals surface area contributed by atoms with E-state index in [0.29, 0.717) is 12.2 Å². The molecule has 1 aliphatic rings. The molecule has 2 N–H and O–H groups in total. The molecule has 0 radical (unpaired) electrons. The Labute approximate surface area is 116 Å². The lowest BCUT2D eigenvalue weighted by atomic mass is 10.1. The topological polar surface area (TPSA) is 50.4 Å². The maximum absolute atomic E-state index is 13.6. The number of carbonyl (C=O) groups excluding carboxylic acids is 1. The molecule has 4 nitrogen and oxygen atoms in total. The Bertz CT molecular complexity index is 482. The summed E-state index contributed by atoms with van der Waals surface area (Å²) in [6.07, 6.45) is -0.794. The number of hydrogen-bond donors (Lipinski definition) is 2. The van der Waals surface area contributed by atoms with Crippen LogP contribution in [0.1, 0.15) is 18.9 Å². The first-order valence-electron chi connectivity index (χ1n) is 6.66. The molecule has 6 heteroatoms. The van der Waals surface area contributed by atoms with Crippen LogP contribution in [0.25, 0.3) is 0 Å². The maximum Gasteiger partial charge on any atom is 0.237 e.